The Hall–Kier alpha value is -1.41. The molecule has 1 aromatic heterocycles. The second-order valence-electron chi connectivity index (χ2n) is 6.07. The molecule has 0 atom stereocenters. The van der Waals surface area contributed by atoms with Crippen molar-refractivity contribution in [1.29, 1.82) is 0 Å². The number of aryl methyl sites for hydroxylation is 3. The number of pyridine rings is 1. The first-order chi connectivity index (χ1) is 8.26. The third-order valence-electron chi connectivity index (χ3n) is 3.11. The Morgan fingerprint density at radius 2 is 1.78 bits per heavy atom. The van der Waals surface area contributed by atoms with Gasteiger partial charge in [-0.1, -0.05) is 11.6 Å². The Bertz CT molecular complexity index is 592. The molecule has 0 bridgehead atoms. The largest absolute Gasteiger partial charge is 0.325 e. The first-order valence-corrected chi connectivity index (χ1v) is 6.43. The van der Waals surface area contributed by atoms with Gasteiger partial charge >= 0.3 is 0 Å². The van der Waals surface area contributed by atoms with E-state index in [9.17, 15) is 0 Å². The normalized spacial score (nSPS) is 12.1. The lowest BCUT2D eigenvalue weighted by molar-refractivity contribution is 0.518. The molecular formula is C16H22N2. The Balaban J connectivity index is 2.72. The van der Waals surface area contributed by atoms with Crippen molar-refractivity contribution in [2.75, 3.05) is 0 Å². The number of hydrogen-bond donors (Lipinski definition) is 1. The minimum Gasteiger partial charge on any atom is -0.325 e. The highest BCUT2D eigenvalue weighted by atomic mass is 14.7. The molecule has 0 unspecified atom stereocenters. The van der Waals surface area contributed by atoms with Crippen molar-refractivity contribution in [3.8, 4) is 0 Å². The van der Waals surface area contributed by atoms with Crippen molar-refractivity contribution in [1.82, 2.24) is 4.98 Å². The zero-order valence-electron chi connectivity index (χ0n) is 12.0. The van der Waals surface area contributed by atoms with E-state index < -0.39 is 0 Å². The summed E-state index contributed by atoms with van der Waals surface area (Å²) in [7, 11) is 0. The summed E-state index contributed by atoms with van der Waals surface area (Å²) >= 11 is 0. The number of hydrogen-bond acceptors (Lipinski definition) is 2. The van der Waals surface area contributed by atoms with Crippen LogP contribution in [-0.2, 0) is 6.42 Å². The molecule has 2 rings (SSSR count). The van der Waals surface area contributed by atoms with Gasteiger partial charge in [-0.3, -0.25) is 4.98 Å². The van der Waals surface area contributed by atoms with Gasteiger partial charge in [-0.05, 0) is 64.3 Å². The molecule has 96 valence electrons. The van der Waals surface area contributed by atoms with Crippen LogP contribution in [0.1, 0.15) is 36.2 Å². The molecule has 0 aliphatic heterocycles. The van der Waals surface area contributed by atoms with Crippen LogP contribution in [-0.4, -0.2) is 10.5 Å². The van der Waals surface area contributed by atoms with Crippen molar-refractivity contribution < 1.29 is 0 Å². The monoisotopic (exact) mass is 242 g/mol. The number of aromatic nitrogens is 1. The summed E-state index contributed by atoms with van der Waals surface area (Å²) in [6.07, 6.45) is 0.871. The van der Waals surface area contributed by atoms with Crippen LogP contribution in [0.2, 0.25) is 0 Å². The van der Waals surface area contributed by atoms with Crippen molar-refractivity contribution >= 4 is 10.9 Å². The van der Waals surface area contributed by atoms with Crippen molar-refractivity contribution in [3.05, 3.63) is 40.6 Å². The Kier molecular flexibility index (Phi) is 3.16. The second-order valence-corrected chi connectivity index (χ2v) is 6.07. The zero-order chi connectivity index (χ0) is 13.5. The summed E-state index contributed by atoms with van der Waals surface area (Å²) in [5, 5.41) is 1.25. The Labute approximate surface area is 109 Å². The summed E-state index contributed by atoms with van der Waals surface area (Å²) in [6, 6.07) is 6.57. The number of fused-ring (bicyclic) bond motifs is 1. The molecule has 0 radical (unpaired) electrons. The van der Waals surface area contributed by atoms with Gasteiger partial charge in [0.25, 0.3) is 0 Å². The third kappa shape index (κ3) is 2.70. The molecule has 0 fully saturated rings. The molecule has 18 heavy (non-hydrogen) atoms. The number of benzene rings is 1. The first-order valence-electron chi connectivity index (χ1n) is 6.43. The predicted octanol–water partition coefficient (Wildman–Crippen LogP) is 3.44. The fourth-order valence-electron chi connectivity index (χ4n) is 2.53. The lowest BCUT2D eigenvalue weighted by Crippen LogP contribution is -2.34. The van der Waals surface area contributed by atoms with E-state index in [0.29, 0.717) is 0 Å². The van der Waals surface area contributed by atoms with Gasteiger partial charge in [-0.15, -0.1) is 0 Å². The summed E-state index contributed by atoms with van der Waals surface area (Å²) < 4.78 is 0. The van der Waals surface area contributed by atoms with Crippen LogP contribution in [0.4, 0.5) is 0 Å². The van der Waals surface area contributed by atoms with Crippen LogP contribution < -0.4 is 5.73 Å². The molecule has 0 aliphatic carbocycles. The van der Waals surface area contributed by atoms with Gasteiger partial charge < -0.3 is 5.73 Å². The number of rotatable bonds is 2. The summed E-state index contributed by atoms with van der Waals surface area (Å²) in [5.74, 6) is 0. The van der Waals surface area contributed by atoms with Crippen LogP contribution in [0, 0.1) is 20.8 Å². The fraction of sp³-hybridized carbons (Fsp3) is 0.438. The van der Waals surface area contributed by atoms with Gasteiger partial charge in [0.05, 0.1) is 5.52 Å². The molecular weight excluding hydrogens is 220 g/mol. The highest BCUT2D eigenvalue weighted by molar-refractivity contribution is 5.86. The van der Waals surface area contributed by atoms with Crippen LogP contribution >= 0.6 is 0 Å². The van der Waals surface area contributed by atoms with Gasteiger partial charge in [0.2, 0.25) is 0 Å². The molecule has 2 aromatic rings. The lowest BCUT2D eigenvalue weighted by atomic mass is 9.92. The van der Waals surface area contributed by atoms with E-state index in [1.807, 2.05) is 6.92 Å². The highest BCUT2D eigenvalue weighted by Gasteiger charge is 2.15. The third-order valence-corrected chi connectivity index (χ3v) is 3.11. The average Bonchev–Trinajstić information content (AvgIpc) is 2.17. The molecule has 0 aliphatic rings. The summed E-state index contributed by atoms with van der Waals surface area (Å²) in [6.45, 7) is 10.4. The van der Waals surface area contributed by atoms with Gasteiger partial charge in [0.1, 0.15) is 0 Å². The van der Waals surface area contributed by atoms with Crippen molar-refractivity contribution in [2.24, 2.45) is 5.73 Å². The Morgan fingerprint density at radius 1 is 1.11 bits per heavy atom. The summed E-state index contributed by atoms with van der Waals surface area (Å²) in [5.41, 5.74) is 12.0. The summed E-state index contributed by atoms with van der Waals surface area (Å²) in [4.78, 5) is 4.67. The zero-order valence-corrected chi connectivity index (χ0v) is 12.0. The number of nitrogens with two attached hydrogens (primary N) is 1. The van der Waals surface area contributed by atoms with E-state index in [0.717, 1.165) is 17.6 Å². The first kappa shape index (κ1) is 13.0. The maximum Gasteiger partial charge on any atom is 0.0737 e. The van der Waals surface area contributed by atoms with E-state index in [2.05, 4.69) is 50.9 Å². The van der Waals surface area contributed by atoms with Crippen LogP contribution in [0.3, 0.4) is 0 Å². The molecule has 0 spiro atoms. The van der Waals surface area contributed by atoms with E-state index in [-0.39, 0.29) is 5.54 Å². The van der Waals surface area contributed by atoms with E-state index in [1.165, 1.54) is 22.1 Å². The van der Waals surface area contributed by atoms with E-state index in [4.69, 9.17) is 5.73 Å². The second kappa shape index (κ2) is 4.36. The van der Waals surface area contributed by atoms with Gasteiger partial charge in [-0.2, -0.15) is 0 Å². The molecule has 1 heterocycles. The quantitative estimate of drug-likeness (QED) is 0.876. The smallest absolute Gasteiger partial charge is 0.0737 e. The molecule has 0 saturated heterocycles. The topological polar surface area (TPSA) is 38.9 Å². The predicted molar refractivity (Wildman–Crippen MR) is 77.9 cm³/mol. The molecule has 2 N–H and O–H groups in total. The molecule has 2 heteroatoms. The molecule has 2 nitrogen and oxygen atoms in total. The fourth-order valence-corrected chi connectivity index (χ4v) is 2.53. The maximum atomic E-state index is 6.16. The SMILES string of the molecule is Cc1cc(C)c2nc(C)cc(CC(C)(C)N)c2c1. The van der Waals surface area contributed by atoms with Gasteiger partial charge in [-0.25, -0.2) is 0 Å². The van der Waals surface area contributed by atoms with Gasteiger partial charge in [0.15, 0.2) is 0 Å². The minimum atomic E-state index is -0.196. The van der Waals surface area contributed by atoms with Crippen LogP contribution in [0.25, 0.3) is 10.9 Å². The lowest BCUT2D eigenvalue weighted by Gasteiger charge is -2.20. The maximum absolute atomic E-state index is 6.16. The van der Waals surface area contributed by atoms with E-state index in [1.54, 1.807) is 0 Å². The molecule has 1 aromatic carbocycles. The minimum absolute atomic E-state index is 0.196. The van der Waals surface area contributed by atoms with Gasteiger partial charge in [0, 0.05) is 16.6 Å². The van der Waals surface area contributed by atoms with E-state index >= 15 is 0 Å². The van der Waals surface area contributed by atoms with Crippen molar-refractivity contribution in [2.45, 2.75) is 46.6 Å². The van der Waals surface area contributed by atoms with Crippen molar-refractivity contribution in [3.63, 3.8) is 0 Å². The Morgan fingerprint density at radius 3 is 2.39 bits per heavy atom. The highest BCUT2D eigenvalue weighted by Crippen LogP contribution is 2.25. The van der Waals surface area contributed by atoms with Crippen LogP contribution in [0.15, 0.2) is 18.2 Å². The number of nitrogens with zero attached hydrogens (tertiary/aromatic N) is 1. The van der Waals surface area contributed by atoms with Crippen LogP contribution in [0.5, 0.6) is 0 Å². The molecule has 0 saturated carbocycles. The molecule has 0 amide bonds. The average molecular weight is 242 g/mol. The standard InChI is InChI=1S/C16H22N2/c1-10-6-11(2)15-14(7-10)13(8-12(3)18-15)9-16(4,5)17/h6-8H,9,17H2,1-5H3.